The summed E-state index contributed by atoms with van der Waals surface area (Å²) in [7, 11) is 0. The van der Waals surface area contributed by atoms with Crippen LogP contribution in [-0.2, 0) is 4.79 Å². The van der Waals surface area contributed by atoms with E-state index in [9.17, 15) is 9.18 Å². The number of nitrogens with zero attached hydrogens (tertiary/aromatic N) is 2. The van der Waals surface area contributed by atoms with Crippen molar-refractivity contribution in [3.63, 3.8) is 0 Å². The van der Waals surface area contributed by atoms with Crippen molar-refractivity contribution in [2.75, 3.05) is 5.75 Å². The zero-order valence-electron chi connectivity index (χ0n) is 14.6. The molecular formula is C20H22FN3OS. The molecule has 1 N–H and O–H groups in total. The van der Waals surface area contributed by atoms with E-state index in [2.05, 4.69) is 15.2 Å². The average molecular weight is 371 g/mol. The highest BCUT2D eigenvalue weighted by molar-refractivity contribution is 7.99. The topological polar surface area (TPSA) is 58.6 Å². The highest BCUT2D eigenvalue weighted by Crippen LogP contribution is 2.60. The van der Waals surface area contributed by atoms with Crippen molar-refractivity contribution in [1.29, 1.82) is 0 Å². The van der Waals surface area contributed by atoms with Crippen LogP contribution >= 0.6 is 11.8 Å². The van der Waals surface area contributed by atoms with Gasteiger partial charge in [-0.25, -0.2) is 9.37 Å². The van der Waals surface area contributed by atoms with Gasteiger partial charge in [-0.1, -0.05) is 23.9 Å². The molecule has 4 aliphatic carbocycles. The van der Waals surface area contributed by atoms with Gasteiger partial charge in [-0.3, -0.25) is 9.89 Å². The number of halogens is 1. The van der Waals surface area contributed by atoms with Crippen LogP contribution in [0.2, 0.25) is 0 Å². The Kier molecular flexibility index (Phi) is 3.92. The molecule has 0 aliphatic heterocycles. The molecule has 26 heavy (non-hydrogen) atoms. The van der Waals surface area contributed by atoms with Crippen LogP contribution in [0.3, 0.4) is 0 Å². The normalized spacial score (nSPS) is 32.1. The number of ketones is 1. The fraction of sp³-hybridized carbons (Fsp3) is 0.550. The molecule has 1 aromatic carbocycles. The standard InChI is InChI=1S/C20H22FN3OS/c21-16-4-2-1-3-15(16)18-22-19(24-23-18)26-11-17(25)20-8-12-5-13(9-20)7-14(6-12)10-20/h1-4,12-14H,5-11H2,(H,22,23,24). The summed E-state index contributed by atoms with van der Waals surface area (Å²) in [5.41, 5.74) is 0.325. The number of rotatable bonds is 5. The first-order chi connectivity index (χ1) is 12.6. The van der Waals surface area contributed by atoms with E-state index >= 15 is 0 Å². The Morgan fingerprint density at radius 3 is 2.46 bits per heavy atom. The van der Waals surface area contributed by atoms with E-state index in [4.69, 9.17) is 0 Å². The Bertz CT molecular complexity index is 814. The van der Waals surface area contributed by atoms with E-state index in [1.54, 1.807) is 18.2 Å². The van der Waals surface area contributed by atoms with Crippen molar-refractivity contribution in [3.05, 3.63) is 30.1 Å². The molecule has 4 bridgehead atoms. The Labute approximate surface area is 156 Å². The monoisotopic (exact) mass is 371 g/mol. The summed E-state index contributed by atoms with van der Waals surface area (Å²) in [6.07, 6.45) is 7.29. The molecule has 0 saturated heterocycles. The van der Waals surface area contributed by atoms with Gasteiger partial charge in [0.2, 0.25) is 5.16 Å². The number of benzene rings is 1. The molecule has 1 aromatic heterocycles. The summed E-state index contributed by atoms with van der Waals surface area (Å²) in [5, 5.41) is 7.46. The summed E-state index contributed by atoms with van der Waals surface area (Å²) in [4.78, 5) is 17.4. The van der Waals surface area contributed by atoms with Gasteiger partial charge in [0.1, 0.15) is 11.6 Å². The van der Waals surface area contributed by atoms with Gasteiger partial charge in [-0.15, -0.1) is 5.10 Å². The Balaban J connectivity index is 1.27. The quantitative estimate of drug-likeness (QED) is 0.787. The van der Waals surface area contributed by atoms with Crippen LogP contribution in [0.5, 0.6) is 0 Å². The summed E-state index contributed by atoms with van der Waals surface area (Å²) in [6.45, 7) is 0. The molecule has 4 aliphatic rings. The number of hydrogen-bond donors (Lipinski definition) is 1. The number of hydrogen-bond acceptors (Lipinski definition) is 4. The maximum Gasteiger partial charge on any atom is 0.209 e. The molecule has 4 saturated carbocycles. The fourth-order valence-electron chi connectivity index (χ4n) is 5.82. The SMILES string of the molecule is O=C(CSc1n[nH]c(-c2ccccc2F)n1)C12CC3CC(CC(C3)C1)C2. The van der Waals surface area contributed by atoms with Crippen LogP contribution in [0.25, 0.3) is 11.4 Å². The summed E-state index contributed by atoms with van der Waals surface area (Å²) < 4.78 is 13.9. The smallest absolute Gasteiger partial charge is 0.209 e. The Morgan fingerprint density at radius 1 is 1.15 bits per heavy atom. The minimum atomic E-state index is -0.329. The van der Waals surface area contributed by atoms with Gasteiger partial charge in [0.25, 0.3) is 0 Å². The Hall–Kier alpha value is -1.69. The highest BCUT2D eigenvalue weighted by atomic mass is 32.2. The zero-order valence-corrected chi connectivity index (χ0v) is 15.4. The summed E-state index contributed by atoms with van der Waals surface area (Å²) in [6, 6.07) is 6.49. The molecule has 2 aromatic rings. The van der Waals surface area contributed by atoms with Crippen molar-refractivity contribution in [2.45, 2.75) is 43.7 Å². The van der Waals surface area contributed by atoms with Crippen LogP contribution in [0.1, 0.15) is 38.5 Å². The largest absolute Gasteiger partial charge is 0.298 e. The predicted molar refractivity (Wildman–Crippen MR) is 98.1 cm³/mol. The molecule has 0 amide bonds. The lowest BCUT2D eigenvalue weighted by Gasteiger charge is -2.56. The van der Waals surface area contributed by atoms with Crippen LogP contribution in [0.15, 0.2) is 29.4 Å². The third kappa shape index (κ3) is 2.79. The lowest BCUT2D eigenvalue weighted by molar-refractivity contribution is -0.141. The molecule has 4 fully saturated rings. The number of aromatic amines is 1. The number of carbonyl (C=O) groups excluding carboxylic acids is 1. The minimum Gasteiger partial charge on any atom is -0.298 e. The molecule has 6 rings (SSSR count). The molecular weight excluding hydrogens is 349 g/mol. The number of carbonyl (C=O) groups is 1. The van der Waals surface area contributed by atoms with Crippen LogP contribution < -0.4 is 0 Å². The highest BCUT2D eigenvalue weighted by Gasteiger charge is 2.54. The fourth-order valence-corrected chi connectivity index (χ4v) is 6.65. The second-order valence-corrected chi connectivity index (χ2v) is 9.30. The lowest BCUT2D eigenvalue weighted by Crippen LogP contribution is -2.50. The predicted octanol–water partition coefficient (Wildman–Crippen LogP) is 4.49. The van der Waals surface area contributed by atoms with E-state index in [1.165, 1.54) is 37.1 Å². The molecule has 6 heteroatoms. The van der Waals surface area contributed by atoms with Crippen LogP contribution in [0.4, 0.5) is 4.39 Å². The van der Waals surface area contributed by atoms with Crippen molar-refractivity contribution in [3.8, 4) is 11.4 Å². The molecule has 136 valence electrons. The first-order valence-corrected chi connectivity index (χ1v) is 10.4. The van der Waals surface area contributed by atoms with Gasteiger partial charge in [-0.2, -0.15) is 0 Å². The van der Waals surface area contributed by atoms with E-state index in [0.717, 1.165) is 37.0 Å². The third-order valence-corrected chi connectivity index (χ3v) is 7.40. The number of thioether (sulfide) groups is 1. The maximum absolute atomic E-state index is 13.9. The van der Waals surface area contributed by atoms with Gasteiger partial charge >= 0.3 is 0 Å². The first-order valence-electron chi connectivity index (χ1n) is 9.45. The molecule has 0 unspecified atom stereocenters. The third-order valence-electron chi connectivity index (χ3n) is 6.56. The van der Waals surface area contributed by atoms with Crippen molar-refractivity contribution in [2.24, 2.45) is 23.2 Å². The molecule has 1 heterocycles. The molecule has 0 radical (unpaired) electrons. The lowest BCUT2D eigenvalue weighted by atomic mass is 9.48. The van der Waals surface area contributed by atoms with Crippen LogP contribution in [0, 0.1) is 29.0 Å². The number of nitrogens with one attached hydrogen (secondary N) is 1. The van der Waals surface area contributed by atoms with E-state index in [-0.39, 0.29) is 11.2 Å². The van der Waals surface area contributed by atoms with Gasteiger partial charge < -0.3 is 0 Å². The van der Waals surface area contributed by atoms with Gasteiger partial charge in [-0.05, 0) is 68.4 Å². The van der Waals surface area contributed by atoms with Crippen molar-refractivity contribution >= 4 is 17.5 Å². The second-order valence-electron chi connectivity index (χ2n) is 8.36. The number of Topliss-reactive ketones (excluding diaryl/α,β-unsaturated/α-hetero) is 1. The van der Waals surface area contributed by atoms with E-state index < -0.39 is 0 Å². The van der Waals surface area contributed by atoms with Crippen molar-refractivity contribution < 1.29 is 9.18 Å². The van der Waals surface area contributed by atoms with E-state index in [1.807, 2.05) is 0 Å². The molecule has 0 spiro atoms. The minimum absolute atomic E-state index is 0.0770. The first kappa shape index (κ1) is 16.5. The molecule has 0 atom stereocenters. The van der Waals surface area contributed by atoms with E-state index in [0.29, 0.717) is 28.1 Å². The average Bonchev–Trinajstić information content (AvgIpc) is 3.07. The summed E-state index contributed by atoms with van der Waals surface area (Å²) in [5.74, 6) is 3.18. The second kappa shape index (κ2) is 6.19. The number of aromatic nitrogens is 3. The molecule has 4 nitrogen and oxygen atoms in total. The number of H-pyrrole nitrogens is 1. The van der Waals surface area contributed by atoms with Gasteiger partial charge in [0, 0.05) is 5.41 Å². The zero-order chi connectivity index (χ0) is 17.7. The van der Waals surface area contributed by atoms with Crippen molar-refractivity contribution in [1.82, 2.24) is 15.2 Å². The van der Waals surface area contributed by atoms with Gasteiger partial charge in [0.15, 0.2) is 5.82 Å². The summed E-state index contributed by atoms with van der Waals surface area (Å²) >= 11 is 1.37. The Morgan fingerprint density at radius 2 is 1.81 bits per heavy atom. The van der Waals surface area contributed by atoms with Crippen LogP contribution in [-0.4, -0.2) is 26.7 Å². The van der Waals surface area contributed by atoms with Gasteiger partial charge in [0.05, 0.1) is 11.3 Å². The maximum atomic E-state index is 13.9.